The predicted molar refractivity (Wildman–Crippen MR) is 82.8 cm³/mol. The summed E-state index contributed by atoms with van der Waals surface area (Å²) in [4.78, 5) is 11.2. The van der Waals surface area contributed by atoms with Gasteiger partial charge in [-0.1, -0.05) is 11.6 Å². The highest BCUT2D eigenvalue weighted by Crippen LogP contribution is 2.41. The summed E-state index contributed by atoms with van der Waals surface area (Å²) in [6.45, 7) is 4.29. The van der Waals surface area contributed by atoms with Crippen LogP contribution in [0.1, 0.15) is 19.3 Å². The van der Waals surface area contributed by atoms with E-state index in [-0.39, 0.29) is 5.60 Å². The minimum Gasteiger partial charge on any atom is -0.457 e. The highest BCUT2D eigenvalue weighted by atomic mass is 35.5. The lowest BCUT2D eigenvalue weighted by Crippen LogP contribution is -2.62. The van der Waals surface area contributed by atoms with Gasteiger partial charge >= 0.3 is 0 Å². The second-order valence-corrected chi connectivity index (χ2v) is 6.58. The van der Waals surface area contributed by atoms with E-state index in [1.54, 1.807) is 6.20 Å². The van der Waals surface area contributed by atoms with E-state index in [9.17, 15) is 0 Å². The highest BCUT2D eigenvalue weighted by Gasteiger charge is 2.50. The first-order valence-corrected chi connectivity index (χ1v) is 7.96. The molecule has 0 aromatic carbocycles. The van der Waals surface area contributed by atoms with Crippen molar-refractivity contribution in [2.45, 2.75) is 24.9 Å². The average molecular weight is 307 g/mol. The van der Waals surface area contributed by atoms with Gasteiger partial charge in [-0.2, -0.15) is 0 Å². The van der Waals surface area contributed by atoms with E-state index in [1.807, 2.05) is 12.1 Å². The molecular weight excluding hydrogens is 288 g/mol. The fraction of sp³-hybridized carbons (Fsp3) is 0.600. The Balaban J connectivity index is 1.50. The first-order chi connectivity index (χ1) is 10.2. The number of fused-ring (bicyclic) bond motifs is 2. The lowest BCUT2D eigenvalue weighted by Gasteiger charge is -2.53. The van der Waals surface area contributed by atoms with E-state index < -0.39 is 0 Å². The number of piperidine rings is 3. The van der Waals surface area contributed by atoms with Crippen molar-refractivity contribution in [2.24, 2.45) is 10.9 Å². The third-order valence-electron chi connectivity index (χ3n) is 4.88. The molecule has 0 saturated carbocycles. The van der Waals surface area contributed by atoms with E-state index in [4.69, 9.17) is 16.3 Å². The maximum Gasteiger partial charge on any atom is 0.290 e. The zero-order valence-corrected chi connectivity index (χ0v) is 12.6. The molecule has 21 heavy (non-hydrogen) atoms. The van der Waals surface area contributed by atoms with Gasteiger partial charge < -0.3 is 4.74 Å². The van der Waals surface area contributed by atoms with Gasteiger partial charge in [0.25, 0.3) is 6.02 Å². The second kappa shape index (κ2) is 5.14. The molecule has 2 bridgehead atoms. The summed E-state index contributed by atoms with van der Waals surface area (Å²) in [5.41, 5.74) is -0.0486. The molecule has 0 aliphatic carbocycles. The van der Waals surface area contributed by atoms with E-state index in [2.05, 4.69) is 20.2 Å². The van der Waals surface area contributed by atoms with Crippen molar-refractivity contribution in [3.63, 3.8) is 0 Å². The normalized spacial score (nSPS) is 34.4. The summed E-state index contributed by atoms with van der Waals surface area (Å²) in [5, 5.41) is 3.80. The number of hydrogen-bond donors (Lipinski definition) is 1. The molecule has 5 heterocycles. The van der Waals surface area contributed by atoms with Gasteiger partial charge in [-0.15, -0.1) is 0 Å². The summed E-state index contributed by atoms with van der Waals surface area (Å²) in [6, 6.07) is 4.25. The van der Waals surface area contributed by atoms with Crippen LogP contribution in [0, 0.1) is 5.92 Å². The maximum absolute atomic E-state index is 6.31. The van der Waals surface area contributed by atoms with Gasteiger partial charge in [-0.05, 0) is 38.1 Å². The zero-order chi connectivity index (χ0) is 14.3. The average Bonchev–Trinajstić information content (AvgIpc) is 2.51. The highest BCUT2D eigenvalue weighted by molar-refractivity contribution is 6.30. The monoisotopic (exact) mass is 306 g/mol. The minimum atomic E-state index is -0.0486. The van der Waals surface area contributed by atoms with Crippen molar-refractivity contribution in [1.29, 1.82) is 0 Å². The Hall–Kier alpha value is -1.33. The molecule has 1 unspecified atom stereocenters. The van der Waals surface area contributed by atoms with Gasteiger partial charge in [0.05, 0.1) is 5.02 Å². The fourth-order valence-corrected chi connectivity index (χ4v) is 3.88. The maximum atomic E-state index is 6.31. The van der Waals surface area contributed by atoms with Gasteiger partial charge in [0, 0.05) is 31.6 Å². The molecule has 1 atom stereocenters. The van der Waals surface area contributed by atoms with E-state index in [1.165, 1.54) is 25.9 Å². The van der Waals surface area contributed by atoms with Crippen molar-refractivity contribution in [3.05, 3.63) is 23.4 Å². The summed E-state index contributed by atoms with van der Waals surface area (Å²) >= 11 is 5.86. The molecule has 5 rings (SSSR count). The lowest BCUT2D eigenvalue weighted by molar-refractivity contribution is -0.109. The molecular formula is C15H19ClN4O. The quantitative estimate of drug-likeness (QED) is 0.865. The molecule has 6 heteroatoms. The van der Waals surface area contributed by atoms with Crippen molar-refractivity contribution in [3.8, 4) is 0 Å². The Morgan fingerprint density at radius 3 is 2.86 bits per heavy atom. The van der Waals surface area contributed by atoms with Crippen LogP contribution in [0.2, 0.25) is 5.02 Å². The van der Waals surface area contributed by atoms with Crippen LogP contribution in [0.4, 0.5) is 5.82 Å². The minimum absolute atomic E-state index is 0.0486. The van der Waals surface area contributed by atoms with Crippen molar-refractivity contribution < 1.29 is 4.74 Å². The van der Waals surface area contributed by atoms with Gasteiger partial charge in [0.15, 0.2) is 0 Å². The Morgan fingerprint density at radius 2 is 2.19 bits per heavy atom. The summed E-state index contributed by atoms with van der Waals surface area (Å²) in [5.74, 6) is 1.38. The number of pyridine rings is 1. The number of amidine groups is 1. The molecule has 0 amide bonds. The van der Waals surface area contributed by atoms with Crippen LogP contribution in [0.25, 0.3) is 0 Å². The SMILES string of the molecule is Clc1ccc(NC2=NCCC3(CN4CCC3CC4)O2)nc1. The molecule has 1 spiro atoms. The molecule has 112 valence electrons. The number of nitrogens with one attached hydrogen (secondary N) is 1. The number of anilines is 1. The first kappa shape index (κ1) is 13.3. The fourth-order valence-electron chi connectivity index (χ4n) is 3.77. The molecule has 0 radical (unpaired) electrons. The molecule has 5 nitrogen and oxygen atoms in total. The Bertz CT molecular complexity index is 553. The van der Waals surface area contributed by atoms with Crippen molar-refractivity contribution >= 4 is 23.4 Å². The molecule has 1 aromatic rings. The van der Waals surface area contributed by atoms with Crippen LogP contribution < -0.4 is 5.32 Å². The van der Waals surface area contributed by atoms with E-state index in [0.717, 1.165) is 25.3 Å². The van der Waals surface area contributed by atoms with Crippen LogP contribution in [0.5, 0.6) is 0 Å². The third kappa shape index (κ3) is 2.49. The second-order valence-electron chi connectivity index (χ2n) is 6.14. The van der Waals surface area contributed by atoms with Crippen molar-refractivity contribution in [1.82, 2.24) is 9.88 Å². The molecule has 3 fully saturated rings. The van der Waals surface area contributed by atoms with Crippen LogP contribution >= 0.6 is 11.6 Å². The predicted octanol–water partition coefficient (Wildman–Crippen LogP) is 2.39. The number of aliphatic imine (C=N–C) groups is 1. The van der Waals surface area contributed by atoms with Crippen LogP contribution in [0.3, 0.4) is 0 Å². The number of rotatable bonds is 1. The Morgan fingerprint density at radius 1 is 1.33 bits per heavy atom. The van der Waals surface area contributed by atoms with Crippen molar-refractivity contribution in [2.75, 3.05) is 31.5 Å². The largest absolute Gasteiger partial charge is 0.457 e. The third-order valence-corrected chi connectivity index (χ3v) is 5.10. The van der Waals surface area contributed by atoms with E-state index in [0.29, 0.717) is 17.0 Å². The molecule has 4 aliphatic rings. The summed E-state index contributed by atoms with van der Waals surface area (Å²) in [6.07, 6.45) is 5.13. The smallest absolute Gasteiger partial charge is 0.290 e. The topological polar surface area (TPSA) is 49.8 Å². The number of hydrogen-bond acceptors (Lipinski definition) is 5. The van der Waals surface area contributed by atoms with E-state index >= 15 is 0 Å². The summed E-state index contributed by atoms with van der Waals surface area (Å²) in [7, 11) is 0. The van der Waals surface area contributed by atoms with Gasteiger partial charge in [-0.25, -0.2) is 9.98 Å². The molecule has 3 saturated heterocycles. The number of ether oxygens (including phenoxy) is 1. The Kier molecular flexibility index (Phi) is 3.27. The van der Waals surface area contributed by atoms with Gasteiger partial charge in [-0.3, -0.25) is 10.2 Å². The number of halogens is 1. The molecule has 1 aromatic heterocycles. The molecule has 1 N–H and O–H groups in total. The number of aromatic nitrogens is 1. The lowest BCUT2D eigenvalue weighted by atomic mass is 9.73. The standard InChI is InChI=1S/C15H19ClN4O/c16-12-1-2-13(18-9-12)19-14-17-6-5-15(21-14)10-20-7-3-11(15)4-8-20/h1-2,9,11H,3-8,10H2,(H,17,18,19). The van der Waals surface area contributed by atoms with Crippen LogP contribution in [-0.4, -0.2) is 47.7 Å². The van der Waals surface area contributed by atoms with Gasteiger partial charge in [0.2, 0.25) is 0 Å². The van der Waals surface area contributed by atoms with Crippen LogP contribution in [0.15, 0.2) is 23.3 Å². The zero-order valence-electron chi connectivity index (χ0n) is 11.9. The Labute approximate surface area is 129 Å². The van der Waals surface area contributed by atoms with Crippen LogP contribution in [-0.2, 0) is 4.74 Å². The number of nitrogens with zero attached hydrogens (tertiary/aromatic N) is 3. The summed E-state index contributed by atoms with van der Waals surface area (Å²) < 4.78 is 6.31. The molecule has 4 aliphatic heterocycles. The first-order valence-electron chi connectivity index (χ1n) is 7.58. The van der Waals surface area contributed by atoms with Gasteiger partial charge in [0.1, 0.15) is 11.4 Å².